The summed E-state index contributed by atoms with van der Waals surface area (Å²) in [7, 11) is 0. The molecule has 1 amide bonds. The van der Waals surface area contributed by atoms with Gasteiger partial charge >= 0.3 is 5.97 Å². The summed E-state index contributed by atoms with van der Waals surface area (Å²) in [4.78, 5) is 25.2. The van der Waals surface area contributed by atoms with Crippen LogP contribution in [0, 0.1) is 0 Å². The van der Waals surface area contributed by atoms with Crippen LogP contribution in [0.4, 0.5) is 5.69 Å². The standard InChI is InChI=1S/C13H15NO4S/c1-7(13(17)18)14-10-5-9(8(2)15)3-4-11(10)19-6-12(14)16/h3-5,7-8,15H,6H2,1-2H3,(H,17,18). The molecule has 0 saturated carbocycles. The summed E-state index contributed by atoms with van der Waals surface area (Å²) in [5.41, 5.74) is 1.23. The van der Waals surface area contributed by atoms with E-state index in [1.54, 1.807) is 19.1 Å². The van der Waals surface area contributed by atoms with Gasteiger partial charge in [0, 0.05) is 4.90 Å². The molecule has 1 heterocycles. The number of carboxylic acid groups (broad SMARTS) is 1. The Morgan fingerprint density at radius 2 is 2.11 bits per heavy atom. The zero-order chi connectivity index (χ0) is 14.2. The van der Waals surface area contributed by atoms with Gasteiger partial charge in [-0.05, 0) is 31.5 Å². The smallest absolute Gasteiger partial charge is 0.326 e. The van der Waals surface area contributed by atoms with Gasteiger partial charge in [-0.3, -0.25) is 9.69 Å². The molecule has 1 aliphatic heterocycles. The number of nitrogens with zero attached hydrogens (tertiary/aromatic N) is 1. The van der Waals surface area contributed by atoms with Gasteiger partial charge in [0.2, 0.25) is 5.91 Å². The molecule has 0 fully saturated rings. The molecule has 0 aromatic heterocycles. The number of carbonyl (C=O) groups is 2. The number of thioether (sulfide) groups is 1. The topological polar surface area (TPSA) is 77.8 Å². The van der Waals surface area contributed by atoms with Crippen LogP contribution in [0.3, 0.4) is 0 Å². The molecule has 0 aliphatic carbocycles. The largest absolute Gasteiger partial charge is 0.480 e. The lowest BCUT2D eigenvalue weighted by atomic mass is 10.1. The third kappa shape index (κ3) is 2.59. The van der Waals surface area contributed by atoms with Gasteiger partial charge in [-0.15, -0.1) is 11.8 Å². The third-order valence-electron chi connectivity index (χ3n) is 3.09. The van der Waals surface area contributed by atoms with Crippen molar-refractivity contribution in [3.05, 3.63) is 23.8 Å². The van der Waals surface area contributed by atoms with Crippen molar-refractivity contribution in [2.24, 2.45) is 0 Å². The molecule has 2 rings (SSSR count). The maximum Gasteiger partial charge on any atom is 0.326 e. The van der Waals surface area contributed by atoms with Gasteiger partial charge < -0.3 is 10.2 Å². The quantitative estimate of drug-likeness (QED) is 0.881. The van der Waals surface area contributed by atoms with Crippen molar-refractivity contribution in [1.29, 1.82) is 0 Å². The molecule has 19 heavy (non-hydrogen) atoms. The van der Waals surface area contributed by atoms with Gasteiger partial charge in [0.05, 0.1) is 17.5 Å². The third-order valence-corrected chi connectivity index (χ3v) is 4.14. The van der Waals surface area contributed by atoms with E-state index >= 15 is 0 Å². The van der Waals surface area contributed by atoms with E-state index in [1.165, 1.54) is 23.6 Å². The fourth-order valence-electron chi connectivity index (χ4n) is 1.98. The van der Waals surface area contributed by atoms with Crippen LogP contribution < -0.4 is 4.90 Å². The van der Waals surface area contributed by atoms with E-state index in [0.717, 1.165) is 4.90 Å². The van der Waals surface area contributed by atoms with Crippen molar-refractivity contribution in [2.45, 2.75) is 30.9 Å². The van der Waals surface area contributed by atoms with Crippen molar-refractivity contribution < 1.29 is 19.8 Å². The number of carbonyl (C=O) groups excluding carboxylic acids is 1. The summed E-state index contributed by atoms with van der Waals surface area (Å²) in [5.74, 6) is -1.04. The Morgan fingerprint density at radius 3 is 2.68 bits per heavy atom. The maximum absolute atomic E-state index is 12.0. The highest BCUT2D eigenvalue weighted by atomic mass is 32.2. The van der Waals surface area contributed by atoms with E-state index < -0.39 is 18.1 Å². The molecule has 0 saturated heterocycles. The molecule has 0 radical (unpaired) electrons. The number of anilines is 1. The van der Waals surface area contributed by atoms with Gasteiger partial charge in [0.15, 0.2) is 0 Å². The summed E-state index contributed by atoms with van der Waals surface area (Å²) in [6.45, 7) is 3.11. The van der Waals surface area contributed by atoms with Gasteiger partial charge in [-0.25, -0.2) is 4.79 Å². The first kappa shape index (κ1) is 13.9. The molecule has 2 unspecified atom stereocenters. The number of hydrogen-bond acceptors (Lipinski definition) is 4. The Labute approximate surface area is 115 Å². The normalized spacial score (nSPS) is 17.8. The Balaban J connectivity index is 2.50. The van der Waals surface area contributed by atoms with Crippen molar-refractivity contribution in [1.82, 2.24) is 0 Å². The van der Waals surface area contributed by atoms with Crippen LogP contribution in [0.1, 0.15) is 25.5 Å². The fraction of sp³-hybridized carbons (Fsp3) is 0.385. The van der Waals surface area contributed by atoms with E-state index in [9.17, 15) is 14.7 Å². The molecule has 0 bridgehead atoms. The van der Waals surface area contributed by atoms with E-state index in [4.69, 9.17) is 5.11 Å². The first-order valence-corrected chi connectivity index (χ1v) is 6.90. The summed E-state index contributed by atoms with van der Waals surface area (Å²) in [6.07, 6.45) is -0.658. The van der Waals surface area contributed by atoms with Crippen LogP contribution >= 0.6 is 11.8 Å². The van der Waals surface area contributed by atoms with E-state index in [-0.39, 0.29) is 11.7 Å². The highest BCUT2D eigenvalue weighted by molar-refractivity contribution is 8.00. The number of hydrogen-bond donors (Lipinski definition) is 2. The second kappa shape index (κ2) is 5.22. The van der Waals surface area contributed by atoms with Gasteiger partial charge in [0.25, 0.3) is 0 Å². The lowest BCUT2D eigenvalue weighted by molar-refractivity contribution is -0.139. The second-order valence-corrected chi connectivity index (χ2v) is 5.49. The Hall–Kier alpha value is -1.53. The molecular formula is C13H15NO4S. The summed E-state index contributed by atoms with van der Waals surface area (Å²) >= 11 is 1.38. The van der Waals surface area contributed by atoms with Crippen LogP contribution in [0.25, 0.3) is 0 Å². The highest BCUT2D eigenvalue weighted by Crippen LogP contribution is 2.38. The lowest BCUT2D eigenvalue weighted by Crippen LogP contribution is -2.46. The minimum atomic E-state index is -1.05. The van der Waals surface area contributed by atoms with E-state index in [2.05, 4.69) is 0 Å². The molecule has 1 aromatic carbocycles. The van der Waals surface area contributed by atoms with E-state index in [1.807, 2.05) is 6.07 Å². The molecule has 0 spiro atoms. The minimum Gasteiger partial charge on any atom is -0.480 e. The van der Waals surface area contributed by atoms with Gasteiger partial charge in [0.1, 0.15) is 6.04 Å². The number of fused-ring (bicyclic) bond motifs is 1. The number of aliphatic carboxylic acids is 1. The molecule has 6 heteroatoms. The summed E-state index contributed by atoms with van der Waals surface area (Å²) in [6, 6.07) is 4.37. The first-order chi connectivity index (χ1) is 8.91. The Bertz CT molecular complexity index is 529. The predicted octanol–water partition coefficient (Wildman–Crippen LogP) is 1.65. The second-order valence-electron chi connectivity index (χ2n) is 4.47. The van der Waals surface area contributed by atoms with Crippen LogP contribution in [-0.4, -0.2) is 33.9 Å². The molecular weight excluding hydrogens is 266 g/mol. The SMILES string of the molecule is CC(O)c1ccc2c(c1)N(C(C)C(=O)O)C(=O)CS2. The zero-order valence-electron chi connectivity index (χ0n) is 10.7. The minimum absolute atomic E-state index is 0.227. The summed E-state index contributed by atoms with van der Waals surface area (Å²) in [5, 5.41) is 18.7. The highest BCUT2D eigenvalue weighted by Gasteiger charge is 2.32. The van der Waals surface area contributed by atoms with Gasteiger partial charge in [-0.1, -0.05) is 6.07 Å². The Morgan fingerprint density at radius 1 is 1.42 bits per heavy atom. The first-order valence-electron chi connectivity index (χ1n) is 5.91. The Kier molecular flexibility index (Phi) is 3.82. The van der Waals surface area contributed by atoms with Crippen LogP contribution in [0.5, 0.6) is 0 Å². The summed E-state index contributed by atoms with van der Waals surface area (Å²) < 4.78 is 0. The van der Waals surface area contributed by atoms with Crippen molar-refractivity contribution >= 4 is 29.3 Å². The van der Waals surface area contributed by atoms with E-state index in [0.29, 0.717) is 11.3 Å². The number of carboxylic acids is 1. The van der Waals surface area contributed by atoms with Gasteiger partial charge in [-0.2, -0.15) is 0 Å². The molecule has 2 N–H and O–H groups in total. The van der Waals surface area contributed by atoms with Crippen molar-refractivity contribution in [3.8, 4) is 0 Å². The monoisotopic (exact) mass is 281 g/mol. The van der Waals surface area contributed by atoms with Crippen LogP contribution in [-0.2, 0) is 9.59 Å². The molecule has 1 aromatic rings. The number of rotatable bonds is 3. The van der Waals surface area contributed by atoms with Crippen molar-refractivity contribution in [2.75, 3.05) is 10.7 Å². The van der Waals surface area contributed by atoms with Crippen molar-refractivity contribution in [3.63, 3.8) is 0 Å². The number of amides is 1. The van der Waals surface area contributed by atoms with Crippen LogP contribution in [0.15, 0.2) is 23.1 Å². The molecule has 102 valence electrons. The molecule has 1 aliphatic rings. The number of aliphatic hydroxyl groups is 1. The zero-order valence-corrected chi connectivity index (χ0v) is 11.5. The average molecular weight is 281 g/mol. The number of aliphatic hydroxyl groups excluding tert-OH is 1. The molecule has 2 atom stereocenters. The lowest BCUT2D eigenvalue weighted by Gasteiger charge is -2.32. The predicted molar refractivity (Wildman–Crippen MR) is 72.4 cm³/mol. The fourth-order valence-corrected chi connectivity index (χ4v) is 2.87. The number of benzene rings is 1. The van der Waals surface area contributed by atoms with Crippen LogP contribution in [0.2, 0.25) is 0 Å². The average Bonchev–Trinajstić information content (AvgIpc) is 2.37. The maximum atomic E-state index is 12.0. The molecule has 5 nitrogen and oxygen atoms in total.